The molecule has 0 fully saturated rings. The van der Waals surface area contributed by atoms with E-state index in [0.717, 1.165) is 37.8 Å². The Bertz CT molecular complexity index is 412. The molecule has 1 unspecified atom stereocenters. The molecule has 0 saturated carbocycles. The Labute approximate surface area is 107 Å². The molecule has 0 radical (unpaired) electrons. The van der Waals surface area contributed by atoms with Gasteiger partial charge in [-0.25, -0.2) is 0 Å². The van der Waals surface area contributed by atoms with Crippen LogP contribution in [0.2, 0.25) is 0 Å². The number of carbonyl (C=O) groups excluding carboxylic acids is 1. The van der Waals surface area contributed by atoms with Gasteiger partial charge in [-0.15, -0.1) is 0 Å². The highest BCUT2D eigenvalue weighted by molar-refractivity contribution is 5.73. The fourth-order valence-electron chi connectivity index (χ4n) is 1.97. The van der Waals surface area contributed by atoms with Crippen molar-refractivity contribution in [3.63, 3.8) is 0 Å². The Balaban J connectivity index is 2.46. The summed E-state index contributed by atoms with van der Waals surface area (Å²) in [5.74, 6) is -0.959. The molecule has 5 heteroatoms. The van der Waals surface area contributed by atoms with Crippen LogP contribution in [0.5, 0.6) is 0 Å². The number of nitrogens with zero attached hydrogens (tertiary/aromatic N) is 1. The molecule has 0 aliphatic rings. The van der Waals surface area contributed by atoms with E-state index in [-0.39, 0.29) is 0 Å². The van der Waals surface area contributed by atoms with E-state index in [1.54, 1.807) is 0 Å². The van der Waals surface area contributed by atoms with Crippen molar-refractivity contribution < 1.29 is 14.7 Å². The van der Waals surface area contributed by atoms with Crippen LogP contribution in [0.25, 0.3) is 0 Å². The summed E-state index contributed by atoms with van der Waals surface area (Å²) in [6.45, 7) is 2.78. The van der Waals surface area contributed by atoms with Crippen molar-refractivity contribution in [2.45, 2.75) is 45.2 Å². The molecule has 0 aromatic carbocycles. The summed E-state index contributed by atoms with van der Waals surface area (Å²) in [7, 11) is 0. The monoisotopic (exact) mass is 252 g/mol. The number of aryl methyl sites for hydroxylation is 1. The van der Waals surface area contributed by atoms with Crippen LogP contribution < -0.4 is 5.73 Å². The first-order valence-corrected chi connectivity index (χ1v) is 6.22. The topological polar surface area (TPSA) is 85.3 Å². The summed E-state index contributed by atoms with van der Waals surface area (Å²) in [4.78, 5) is 21.4. The van der Waals surface area contributed by atoms with Crippen LogP contribution in [0.3, 0.4) is 0 Å². The second-order valence-corrected chi connectivity index (χ2v) is 4.31. The maximum Gasteiger partial charge on any atom is 0.320 e. The summed E-state index contributed by atoms with van der Waals surface area (Å²) in [5.41, 5.74) is 7.23. The number of hydrogen-bond acceptors (Lipinski definition) is 3. The minimum absolute atomic E-state index is 0.467. The van der Waals surface area contributed by atoms with E-state index in [9.17, 15) is 9.59 Å². The minimum atomic E-state index is -0.959. The average Bonchev–Trinajstić information content (AvgIpc) is 2.76. The molecular weight excluding hydrogens is 232 g/mol. The number of aromatic nitrogens is 1. The van der Waals surface area contributed by atoms with E-state index < -0.39 is 12.0 Å². The zero-order valence-corrected chi connectivity index (χ0v) is 10.6. The third-order valence-corrected chi connectivity index (χ3v) is 3.05. The smallest absolute Gasteiger partial charge is 0.320 e. The highest BCUT2D eigenvalue weighted by Gasteiger charge is 2.11. The Hall–Kier alpha value is -1.62. The second-order valence-electron chi connectivity index (χ2n) is 4.31. The lowest BCUT2D eigenvalue weighted by molar-refractivity contribution is -0.138. The van der Waals surface area contributed by atoms with Gasteiger partial charge in [-0.05, 0) is 37.8 Å². The van der Waals surface area contributed by atoms with Gasteiger partial charge in [0.05, 0.1) is 5.69 Å². The number of carboxylic acid groups (broad SMARTS) is 1. The van der Waals surface area contributed by atoms with Crippen LogP contribution in [0, 0.1) is 0 Å². The van der Waals surface area contributed by atoms with Crippen LogP contribution in [0.1, 0.15) is 42.4 Å². The van der Waals surface area contributed by atoms with Gasteiger partial charge in [-0.1, -0.05) is 6.92 Å². The molecule has 1 atom stereocenters. The molecule has 1 aromatic heterocycles. The molecule has 0 spiro atoms. The second kappa shape index (κ2) is 6.96. The van der Waals surface area contributed by atoms with Crippen LogP contribution in [-0.4, -0.2) is 28.0 Å². The number of carbonyl (C=O) groups is 2. The fraction of sp³-hybridized carbons (Fsp3) is 0.538. The first-order chi connectivity index (χ1) is 8.60. The predicted molar refractivity (Wildman–Crippen MR) is 68.7 cm³/mol. The van der Waals surface area contributed by atoms with E-state index in [1.807, 2.05) is 23.6 Å². The molecule has 100 valence electrons. The molecule has 0 aliphatic carbocycles. The molecule has 3 N–H and O–H groups in total. The van der Waals surface area contributed by atoms with E-state index >= 15 is 0 Å². The van der Waals surface area contributed by atoms with Gasteiger partial charge in [0.25, 0.3) is 0 Å². The van der Waals surface area contributed by atoms with Crippen molar-refractivity contribution >= 4 is 12.3 Å². The number of hydrogen-bond donors (Lipinski definition) is 2. The molecule has 18 heavy (non-hydrogen) atoms. The number of nitrogens with two attached hydrogens (primary N) is 1. The number of aliphatic carboxylic acids is 1. The summed E-state index contributed by atoms with van der Waals surface area (Å²) in [6, 6.07) is 2.98. The standard InChI is InChI=1S/C13H20N2O3/c1-2-10-6-7-11(9-16)15(10)8-4-3-5-12(14)13(17)18/h6-7,9,12H,2-5,8,14H2,1H3,(H,17,18). The average molecular weight is 252 g/mol. The van der Waals surface area contributed by atoms with Crippen molar-refractivity contribution in [1.82, 2.24) is 4.57 Å². The largest absolute Gasteiger partial charge is 0.480 e. The molecule has 5 nitrogen and oxygen atoms in total. The van der Waals surface area contributed by atoms with Gasteiger partial charge in [-0.3, -0.25) is 9.59 Å². The molecule has 1 rings (SSSR count). The maximum absolute atomic E-state index is 10.9. The van der Waals surface area contributed by atoms with E-state index in [0.29, 0.717) is 12.1 Å². The first kappa shape index (κ1) is 14.4. The van der Waals surface area contributed by atoms with Gasteiger partial charge in [0.2, 0.25) is 0 Å². The third-order valence-electron chi connectivity index (χ3n) is 3.05. The highest BCUT2D eigenvalue weighted by Crippen LogP contribution is 2.11. The van der Waals surface area contributed by atoms with Crippen LogP contribution >= 0.6 is 0 Å². The molecule has 0 aliphatic heterocycles. The summed E-state index contributed by atoms with van der Waals surface area (Å²) in [5, 5.41) is 8.65. The van der Waals surface area contributed by atoms with E-state index in [2.05, 4.69) is 0 Å². The summed E-state index contributed by atoms with van der Waals surface area (Å²) >= 11 is 0. The van der Waals surface area contributed by atoms with Gasteiger partial charge in [0, 0.05) is 12.2 Å². The van der Waals surface area contributed by atoms with Crippen LogP contribution in [-0.2, 0) is 17.8 Å². The van der Waals surface area contributed by atoms with Gasteiger partial charge in [-0.2, -0.15) is 0 Å². The maximum atomic E-state index is 10.9. The number of rotatable bonds is 8. The van der Waals surface area contributed by atoms with Crippen LogP contribution in [0.4, 0.5) is 0 Å². The van der Waals surface area contributed by atoms with Crippen molar-refractivity contribution in [2.75, 3.05) is 0 Å². The SMILES string of the molecule is CCc1ccc(C=O)n1CCCCC(N)C(=O)O. The summed E-state index contributed by atoms with van der Waals surface area (Å²) in [6.07, 6.45) is 3.76. The highest BCUT2D eigenvalue weighted by atomic mass is 16.4. The van der Waals surface area contributed by atoms with Crippen molar-refractivity contribution in [1.29, 1.82) is 0 Å². The quantitative estimate of drug-likeness (QED) is 0.541. The Morgan fingerprint density at radius 3 is 2.78 bits per heavy atom. The van der Waals surface area contributed by atoms with Gasteiger partial charge in [0.15, 0.2) is 6.29 Å². The predicted octanol–water partition coefficient (Wildman–Crippen LogP) is 1.45. The normalized spacial score (nSPS) is 12.3. The van der Waals surface area contributed by atoms with Crippen molar-refractivity contribution in [3.8, 4) is 0 Å². The van der Waals surface area contributed by atoms with Gasteiger partial charge < -0.3 is 15.4 Å². The number of unbranched alkanes of at least 4 members (excludes halogenated alkanes) is 1. The number of carboxylic acids is 1. The Morgan fingerprint density at radius 2 is 2.22 bits per heavy atom. The first-order valence-electron chi connectivity index (χ1n) is 6.22. The third kappa shape index (κ3) is 3.70. The van der Waals surface area contributed by atoms with Gasteiger partial charge >= 0.3 is 5.97 Å². The van der Waals surface area contributed by atoms with Crippen LogP contribution in [0.15, 0.2) is 12.1 Å². The van der Waals surface area contributed by atoms with E-state index in [4.69, 9.17) is 10.8 Å². The minimum Gasteiger partial charge on any atom is -0.480 e. The summed E-state index contributed by atoms with van der Waals surface area (Å²) < 4.78 is 1.99. The molecule has 0 saturated heterocycles. The molecule has 0 bridgehead atoms. The fourth-order valence-corrected chi connectivity index (χ4v) is 1.97. The zero-order valence-electron chi connectivity index (χ0n) is 10.6. The Morgan fingerprint density at radius 1 is 1.50 bits per heavy atom. The number of aldehydes is 1. The molecule has 1 aromatic rings. The lowest BCUT2D eigenvalue weighted by Gasteiger charge is -2.10. The van der Waals surface area contributed by atoms with E-state index in [1.165, 1.54) is 0 Å². The van der Waals surface area contributed by atoms with Crippen molar-refractivity contribution in [2.24, 2.45) is 5.73 Å². The van der Waals surface area contributed by atoms with Gasteiger partial charge in [0.1, 0.15) is 6.04 Å². The molecule has 1 heterocycles. The lowest BCUT2D eigenvalue weighted by atomic mass is 10.1. The zero-order chi connectivity index (χ0) is 13.5. The molecule has 0 amide bonds. The molecular formula is C13H20N2O3. The lowest BCUT2D eigenvalue weighted by Crippen LogP contribution is -2.29. The van der Waals surface area contributed by atoms with Crippen molar-refractivity contribution in [3.05, 3.63) is 23.5 Å². The Kier molecular flexibility index (Phi) is 5.58.